The van der Waals surface area contributed by atoms with Gasteiger partial charge in [-0.05, 0) is 60.2 Å². The number of imidazole rings is 1. The molecule has 0 atom stereocenters. The Kier molecular flexibility index (Phi) is 5.10. The van der Waals surface area contributed by atoms with Crippen LogP contribution in [0.5, 0.6) is 5.75 Å². The highest BCUT2D eigenvalue weighted by Crippen LogP contribution is 2.24. The molecule has 4 aromatic rings. The standard InChI is InChI=1S/C21H17BrN4O2/c22-16-6-1-13(2-7-16)12-28-17-8-3-14(4-9-17)20-24-18-10-5-15(21(27)26-23)11-19(18)25-20/h1-11H,12,23H2,(H,24,25)(H,26,27). The molecule has 7 heteroatoms. The van der Waals surface area contributed by atoms with E-state index in [-0.39, 0.29) is 5.91 Å². The van der Waals surface area contributed by atoms with E-state index in [1.54, 1.807) is 18.2 Å². The van der Waals surface area contributed by atoms with Crippen molar-refractivity contribution in [3.8, 4) is 17.1 Å². The first-order valence-corrected chi connectivity index (χ1v) is 9.40. The molecule has 28 heavy (non-hydrogen) atoms. The fraction of sp³-hybridized carbons (Fsp3) is 0.0476. The summed E-state index contributed by atoms with van der Waals surface area (Å²) in [6, 6.07) is 20.9. The van der Waals surface area contributed by atoms with Crippen molar-refractivity contribution in [1.82, 2.24) is 15.4 Å². The molecule has 1 amide bonds. The number of H-pyrrole nitrogens is 1. The summed E-state index contributed by atoms with van der Waals surface area (Å²) in [6.45, 7) is 0.503. The highest BCUT2D eigenvalue weighted by molar-refractivity contribution is 9.10. The van der Waals surface area contributed by atoms with Gasteiger partial charge >= 0.3 is 0 Å². The summed E-state index contributed by atoms with van der Waals surface area (Å²) in [4.78, 5) is 19.5. The molecule has 0 aliphatic carbocycles. The Morgan fingerprint density at radius 1 is 1.07 bits per heavy atom. The average Bonchev–Trinajstić information content (AvgIpc) is 3.16. The molecular formula is C21H17BrN4O2. The molecule has 1 heterocycles. The van der Waals surface area contributed by atoms with Crippen LogP contribution in [-0.4, -0.2) is 15.9 Å². The van der Waals surface area contributed by atoms with Crippen LogP contribution in [0, 0.1) is 0 Å². The number of nitrogens with one attached hydrogen (secondary N) is 2. The maximum Gasteiger partial charge on any atom is 0.265 e. The molecule has 1 aromatic heterocycles. The van der Waals surface area contributed by atoms with Crippen molar-refractivity contribution >= 4 is 32.9 Å². The van der Waals surface area contributed by atoms with Crippen molar-refractivity contribution in [2.45, 2.75) is 6.61 Å². The van der Waals surface area contributed by atoms with Crippen LogP contribution in [0.2, 0.25) is 0 Å². The third kappa shape index (κ3) is 3.90. The van der Waals surface area contributed by atoms with Crippen LogP contribution in [0.4, 0.5) is 0 Å². The Balaban J connectivity index is 1.50. The summed E-state index contributed by atoms with van der Waals surface area (Å²) >= 11 is 3.42. The Morgan fingerprint density at radius 3 is 2.54 bits per heavy atom. The van der Waals surface area contributed by atoms with Crippen LogP contribution >= 0.6 is 15.9 Å². The number of nitrogen functional groups attached to an aromatic ring is 1. The smallest absolute Gasteiger partial charge is 0.265 e. The van der Waals surface area contributed by atoms with Gasteiger partial charge in [-0.1, -0.05) is 28.1 Å². The Labute approximate surface area is 169 Å². The maximum absolute atomic E-state index is 11.7. The largest absolute Gasteiger partial charge is 0.489 e. The van der Waals surface area contributed by atoms with E-state index in [1.165, 1.54) is 0 Å². The number of aromatic amines is 1. The fourth-order valence-electron chi connectivity index (χ4n) is 2.83. The Bertz CT molecular complexity index is 1120. The molecule has 3 aromatic carbocycles. The van der Waals surface area contributed by atoms with E-state index in [0.29, 0.717) is 12.2 Å². The SMILES string of the molecule is NNC(=O)c1ccc2nc(-c3ccc(OCc4ccc(Br)cc4)cc3)[nH]c2c1. The number of hydrogen-bond acceptors (Lipinski definition) is 4. The molecule has 0 fully saturated rings. The van der Waals surface area contributed by atoms with Gasteiger partial charge in [0.05, 0.1) is 11.0 Å². The lowest BCUT2D eigenvalue weighted by molar-refractivity contribution is 0.0954. The van der Waals surface area contributed by atoms with E-state index in [1.807, 2.05) is 48.5 Å². The lowest BCUT2D eigenvalue weighted by atomic mass is 10.2. The van der Waals surface area contributed by atoms with Crippen molar-refractivity contribution in [2.24, 2.45) is 5.84 Å². The molecule has 0 unspecified atom stereocenters. The minimum Gasteiger partial charge on any atom is -0.489 e. The summed E-state index contributed by atoms with van der Waals surface area (Å²) in [5.74, 6) is 6.35. The number of ether oxygens (including phenoxy) is 1. The molecule has 0 bridgehead atoms. The fourth-order valence-corrected chi connectivity index (χ4v) is 3.09. The van der Waals surface area contributed by atoms with Gasteiger partial charge in [0.1, 0.15) is 18.2 Å². The number of carbonyl (C=O) groups excluding carboxylic acids is 1. The van der Waals surface area contributed by atoms with Gasteiger partial charge in [-0.15, -0.1) is 0 Å². The molecule has 0 saturated carbocycles. The summed E-state index contributed by atoms with van der Waals surface area (Å²) in [5.41, 5.74) is 6.18. The normalized spacial score (nSPS) is 10.8. The van der Waals surface area contributed by atoms with Gasteiger partial charge in [-0.25, -0.2) is 10.8 Å². The first kappa shape index (κ1) is 18.2. The first-order chi connectivity index (χ1) is 13.6. The molecule has 140 valence electrons. The number of halogens is 1. The summed E-state index contributed by atoms with van der Waals surface area (Å²) in [6.07, 6.45) is 0. The number of nitrogens with two attached hydrogens (primary N) is 1. The average molecular weight is 437 g/mol. The van der Waals surface area contributed by atoms with Crippen LogP contribution in [0.3, 0.4) is 0 Å². The van der Waals surface area contributed by atoms with Crippen molar-refractivity contribution in [2.75, 3.05) is 0 Å². The van der Waals surface area contributed by atoms with Gasteiger partial charge in [0.2, 0.25) is 0 Å². The topological polar surface area (TPSA) is 93.0 Å². The van der Waals surface area contributed by atoms with E-state index >= 15 is 0 Å². The van der Waals surface area contributed by atoms with E-state index in [4.69, 9.17) is 10.6 Å². The third-order valence-corrected chi connectivity index (χ3v) is 4.85. The lowest BCUT2D eigenvalue weighted by Gasteiger charge is -2.07. The molecule has 4 N–H and O–H groups in total. The molecule has 0 saturated heterocycles. The van der Waals surface area contributed by atoms with Gasteiger partial charge in [0.25, 0.3) is 5.91 Å². The summed E-state index contributed by atoms with van der Waals surface area (Å²) < 4.78 is 6.88. The minimum atomic E-state index is -0.342. The van der Waals surface area contributed by atoms with Crippen LogP contribution in [0.1, 0.15) is 15.9 Å². The molecule has 0 spiro atoms. The van der Waals surface area contributed by atoms with Crippen LogP contribution in [0.25, 0.3) is 22.4 Å². The Hall–Kier alpha value is -3.16. The molecule has 0 radical (unpaired) electrons. The number of amides is 1. The van der Waals surface area contributed by atoms with Crippen LogP contribution in [-0.2, 0) is 6.61 Å². The van der Waals surface area contributed by atoms with Crippen molar-refractivity contribution in [3.05, 3.63) is 82.3 Å². The second-order valence-electron chi connectivity index (χ2n) is 6.23. The van der Waals surface area contributed by atoms with E-state index in [0.717, 1.165) is 38.2 Å². The van der Waals surface area contributed by atoms with Gasteiger partial charge < -0.3 is 9.72 Å². The van der Waals surface area contributed by atoms with Gasteiger partial charge in [0, 0.05) is 15.6 Å². The maximum atomic E-state index is 11.7. The van der Waals surface area contributed by atoms with E-state index in [2.05, 4.69) is 31.3 Å². The quantitative estimate of drug-likeness (QED) is 0.248. The predicted molar refractivity (Wildman–Crippen MR) is 112 cm³/mol. The number of rotatable bonds is 5. The number of benzene rings is 3. The zero-order valence-electron chi connectivity index (χ0n) is 14.8. The van der Waals surface area contributed by atoms with Crippen LogP contribution < -0.4 is 16.0 Å². The highest BCUT2D eigenvalue weighted by atomic mass is 79.9. The zero-order valence-corrected chi connectivity index (χ0v) is 16.4. The molecule has 6 nitrogen and oxygen atoms in total. The lowest BCUT2D eigenvalue weighted by Crippen LogP contribution is -2.29. The highest BCUT2D eigenvalue weighted by Gasteiger charge is 2.09. The molecule has 0 aliphatic rings. The minimum absolute atomic E-state index is 0.342. The van der Waals surface area contributed by atoms with E-state index < -0.39 is 0 Å². The summed E-state index contributed by atoms with van der Waals surface area (Å²) in [5, 5.41) is 0. The number of carbonyl (C=O) groups is 1. The third-order valence-electron chi connectivity index (χ3n) is 4.32. The van der Waals surface area contributed by atoms with Gasteiger partial charge in [-0.2, -0.15) is 0 Å². The van der Waals surface area contributed by atoms with Gasteiger partial charge in [0.15, 0.2) is 0 Å². The summed E-state index contributed by atoms with van der Waals surface area (Å²) in [7, 11) is 0. The second-order valence-corrected chi connectivity index (χ2v) is 7.15. The number of aromatic nitrogens is 2. The monoisotopic (exact) mass is 436 g/mol. The second kappa shape index (κ2) is 7.84. The zero-order chi connectivity index (χ0) is 19.5. The predicted octanol–water partition coefficient (Wildman–Crippen LogP) is 4.17. The number of nitrogens with zero attached hydrogens (tertiary/aromatic N) is 1. The van der Waals surface area contributed by atoms with Gasteiger partial charge in [-0.3, -0.25) is 10.2 Å². The van der Waals surface area contributed by atoms with Crippen molar-refractivity contribution in [1.29, 1.82) is 0 Å². The number of hydrogen-bond donors (Lipinski definition) is 3. The Morgan fingerprint density at radius 2 is 1.82 bits per heavy atom. The number of fused-ring (bicyclic) bond motifs is 1. The molecule has 0 aliphatic heterocycles. The van der Waals surface area contributed by atoms with Crippen LogP contribution in [0.15, 0.2) is 71.2 Å². The molecule has 4 rings (SSSR count). The number of hydrazine groups is 1. The first-order valence-electron chi connectivity index (χ1n) is 8.61. The molecular weight excluding hydrogens is 420 g/mol. The van der Waals surface area contributed by atoms with E-state index in [9.17, 15) is 4.79 Å². The van der Waals surface area contributed by atoms with Crippen molar-refractivity contribution in [3.63, 3.8) is 0 Å². The van der Waals surface area contributed by atoms with Crippen molar-refractivity contribution < 1.29 is 9.53 Å².